The van der Waals surface area contributed by atoms with Crippen molar-refractivity contribution in [1.82, 2.24) is 4.90 Å². The van der Waals surface area contributed by atoms with Crippen LogP contribution in [0.5, 0.6) is 0 Å². The molecule has 1 atom stereocenters. The number of likely N-dealkylation sites (N-methyl/N-ethyl adjacent to an activating group) is 1. The minimum atomic E-state index is -0.419. The van der Waals surface area contributed by atoms with Gasteiger partial charge in [-0.2, -0.15) is 0 Å². The van der Waals surface area contributed by atoms with E-state index in [0.29, 0.717) is 6.04 Å². The summed E-state index contributed by atoms with van der Waals surface area (Å²) >= 11 is 0. The Balaban J connectivity index is 2.34. The van der Waals surface area contributed by atoms with Gasteiger partial charge in [-0.1, -0.05) is 12.8 Å². The molecule has 3 nitrogen and oxygen atoms in total. The Morgan fingerprint density at radius 3 is 2.50 bits per heavy atom. The Morgan fingerprint density at radius 1 is 1.43 bits per heavy atom. The van der Waals surface area contributed by atoms with E-state index in [2.05, 4.69) is 18.9 Å². The Hall–Kier alpha value is -0.120. The second-order valence-corrected chi connectivity index (χ2v) is 4.77. The smallest absolute Gasteiger partial charge is 0.0774 e. The molecule has 0 spiro atoms. The first-order valence-electron chi connectivity index (χ1n) is 5.70. The molecule has 0 amide bonds. The maximum atomic E-state index is 10.2. The summed E-state index contributed by atoms with van der Waals surface area (Å²) in [5.41, 5.74) is 5.10. The summed E-state index contributed by atoms with van der Waals surface area (Å²) in [6.07, 6.45) is 5.29. The first-order chi connectivity index (χ1) is 6.57. The normalized spacial score (nSPS) is 22.9. The maximum Gasteiger partial charge on any atom is 0.0774 e. The van der Waals surface area contributed by atoms with Crippen molar-refractivity contribution in [2.45, 2.75) is 50.7 Å². The molecule has 0 aromatic heterocycles. The zero-order chi connectivity index (χ0) is 10.6. The summed E-state index contributed by atoms with van der Waals surface area (Å²) in [4.78, 5) is 2.23. The monoisotopic (exact) mass is 200 g/mol. The summed E-state index contributed by atoms with van der Waals surface area (Å²) in [5, 5.41) is 10.2. The van der Waals surface area contributed by atoms with Crippen LogP contribution in [0.15, 0.2) is 0 Å². The molecule has 0 aliphatic heterocycles. The molecule has 0 aromatic rings. The molecule has 1 rings (SSSR count). The van der Waals surface area contributed by atoms with Crippen molar-refractivity contribution in [3.05, 3.63) is 0 Å². The Labute approximate surface area is 87.3 Å². The van der Waals surface area contributed by atoms with E-state index in [4.69, 9.17) is 5.73 Å². The average Bonchev–Trinajstić information content (AvgIpc) is 2.52. The van der Waals surface area contributed by atoms with Gasteiger partial charge < -0.3 is 15.7 Å². The number of hydrogen-bond donors (Lipinski definition) is 2. The lowest BCUT2D eigenvalue weighted by atomic mass is 10.0. The van der Waals surface area contributed by atoms with Crippen molar-refractivity contribution in [2.75, 3.05) is 20.1 Å². The van der Waals surface area contributed by atoms with Gasteiger partial charge in [0.05, 0.1) is 5.60 Å². The van der Waals surface area contributed by atoms with E-state index >= 15 is 0 Å². The summed E-state index contributed by atoms with van der Waals surface area (Å²) < 4.78 is 0. The fourth-order valence-electron chi connectivity index (χ4n) is 2.27. The Morgan fingerprint density at radius 2 is 2.00 bits per heavy atom. The van der Waals surface area contributed by atoms with Gasteiger partial charge in [-0.25, -0.2) is 0 Å². The second-order valence-electron chi connectivity index (χ2n) is 4.77. The van der Waals surface area contributed by atoms with Crippen LogP contribution in [0.25, 0.3) is 0 Å². The fourth-order valence-corrected chi connectivity index (χ4v) is 2.27. The zero-order valence-corrected chi connectivity index (χ0v) is 9.50. The van der Waals surface area contributed by atoms with Crippen LogP contribution in [0.2, 0.25) is 0 Å². The molecule has 0 aromatic carbocycles. The summed E-state index contributed by atoms with van der Waals surface area (Å²) in [6.45, 7) is 3.70. The van der Waals surface area contributed by atoms with Crippen molar-refractivity contribution in [2.24, 2.45) is 5.73 Å². The molecule has 3 N–H and O–H groups in total. The fraction of sp³-hybridized carbons (Fsp3) is 1.00. The highest BCUT2D eigenvalue weighted by Crippen LogP contribution is 2.30. The minimum Gasteiger partial charge on any atom is -0.389 e. The van der Waals surface area contributed by atoms with Crippen LogP contribution in [0, 0.1) is 0 Å². The van der Waals surface area contributed by atoms with E-state index in [1.807, 2.05) is 0 Å². The molecule has 1 unspecified atom stereocenters. The number of nitrogens with two attached hydrogens (primary N) is 1. The van der Waals surface area contributed by atoms with E-state index in [-0.39, 0.29) is 0 Å². The van der Waals surface area contributed by atoms with Gasteiger partial charge in [0, 0.05) is 12.6 Å². The Bertz CT molecular complexity index is 167. The molecule has 84 valence electrons. The third-order valence-corrected chi connectivity index (χ3v) is 3.41. The molecule has 0 bridgehead atoms. The Kier molecular flexibility index (Phi) is 4.35. The molecule has 0 heterocycles. The third kappa shape index (κ3) is 3.23. The highest BCUT2D eigenvalue weighted by Gasteiger charge is 2.32. The van der Waals surface area contributed by atoms with Crippen molar-refractivity contribution >= 4 is 0 Å². The van der Waals surface area contributed by atoms with Crippen molar-refractivity contribution in [3.63, 3.8) is 0 Å². The van der Waals surface area contributed by atoms with Crippen molar-refractivity contribution in [3.8, 4) is 0 Å². The maximum absolute atomic E-state index is 10.2. The van der Waals surface area contributed by atoms with Crippen molar-refractivity contribution in [1.29, 1.82) is 0 Å². The largest absolute Gasteiger partial charge is 0.389 e. The second kappa shape index (κ2) is 5.10. The lowest BCUT2D eigenvalue weighted by Gasteiger charge is -2.32. The van der Waals surface area contributed by atoms with E-state index in [9.17, 15) is 5.11 Å². The molecule has 1 saturated carbocycles. The molecule has 1 fully saturated rings. The van der Waals surface area contributed by atoms with Crippen LogP contribution in [0.3, 0.4) is 0 Å². The number of hydrogen-bond acceptors (Lipinski definition) is 3. The van der Waals surface area contributed by atoms with Crippen LogP contribution < -0.4 is 5.73 Å². The lowest BCUT2D eigenvalue weighted by Crippen LogP contribution is -2.43. The van der Waals surface area contributed by atoms with Crippen LogP contribution >= 0.6 is 0 Å². The number of nitrogens with zero attached hydrogens (tertiary/aromatic N) is 1. The van der Waals surface area contributed by atoms with Crippen molar-refractivity contribution < 1.29 is 5.11 Å². The van der Waals surface area contributed by atoms with E-state index < -0.39 is 5.60 Å². The molecule has 0 radical (unpaired) electrons. The van der Waals surface area contributed by atoms with Gasteiger partial charge in [-0.3, -0.25) is 0 Å². The highest BCUT2D eigenvalue weighted by atomic mass is 16.3. The summed E-state index contributed by atoms with van der Waals surface area (Å²) in [7, 11) is 2.08. The first-order valence-corrected chi connectivity index (χ1v) is 5.70. The standard InChI is InChI=1S/C11H24N2O/c1-10(5-8-12)13(2)9-11(14)6-3-4-7-11/h10,14H,3-9,12H2,1-2H3. The zero-order valence-electron chi connectivity index (χ0n) is 9.50. The van der Waals surface area contributed by atoms with Gasteiger partial charge in [0.1, 0.15) is 0 Å². The van der Waals surface area contributed by atoms with Gasteiger partial charge >= 0.3 is 0 Å². The summed E-state index contributed by atoms with van der Waals surface area (Å²) in [5.74, 6) is 0. The molecule has 14 heavy (non-hydrogen) atoms. The molecule has 0 saturated heterocycles. The average molecular weight is 200 g/mol. The van der Waals surface area contributed by atoms with Crippen LogP contribution in [0.4, 0.5) is 0 Å². The van der Waals surface area contributed by atoms with Gasteiger partial charge in [0.15, 0.2) is 0 Å². The SMILES string of the molecule is CC(CCN)N(C)CC1(O)CCCC1. The van der Waals surface area contributed by atoms with Crippen LogP contribution in [-0.2, 0) is 0 Å². The predicted octanol–water partition coefficient (Wildman–Crippen LogP) is 0.961. The van der Waals surface area contributed by atoms with Crippen LogP contribution in [-0.4, -0.2) is 41.8 Å². The quantitative estimate of drug-likeness (QED) is 0.695. The highest BCUT2D eigenvalue weighted by molar-refractivity contribution is 4.87. The lowest BCUT2D eigenvalue weighted by molar-refractivity contribution is 0.00659. The first kappa shape index (κ1) is 12.0. The van der Waals surface area contributed by atoms with Gasteiger partial charge in [-0.15, -0.1) is 0 Å². The molecule has 1 aliphatic carbocycles. The van der Waals surface area contributed by atoms with E-state index in [0.717, 1.165) is 32.4 Å². The number of aliphatic hydroxyl groups is 1. The third-order valence-electron chi connectivity index (χ3n) is 3.41. The predicted molar refractivity (Wildman–Crippen MR) is 59.2 cm³/mol. The van der Waals surface area contributed by atoms with Crippen LogP contribution in [0.1, 0.15) is 39.0 Å². The molecule has 1 aliphatic rings. The topological polar surface area (TPSA) is 49.5 Å². The van der Waals surface area contributed by atoms with E-state index in [1.165, 1.54) is 12.8 Å². The molecular weight excluding hydrogens is 176 g/mol. The van der Waals surface area contributed by atoms with Gasteiger partial charge in [0.25, 0.3) is 0 Å². The van der Waals surface area contributed by atoms with E-state index in [1.54, 1.807) is 0 Å². The molecule has 3 heteroatoms. The number of rotatable bonds is 5. The van der Waals surface area contributed by atoms with Gasteiger partial charge in [0.2, 0.25) is 0 Å². The molecular formula is C11H24N2O. The summed E-state index contributed by atoms with van der Waals surface area (Å²) in [6, 6.07) is 0.477. The van der Waals surface area contributed by atoms with Gasteiger partial charge in [-0.05, 0) is 39.8 Å². The minimum absolute atomic E-state index is 0.419.